The Hall–Kier alpha value is -0.730. The number of nitrogens with two attached hydrogens (primary N) is 1. The third-order valence-corrected chi connectivity index (χ3v) is 6.08. The number of hydrogen-bond donors (Lipinski definition) is 2. The maximum absolute atomic E-state index is 12.3. The van der Waals surface area contributed by atoms with Gasteiger partial charge in [-0.2, -0.15) is 0 Å². The fourth-order valence-corrected chi connectivity index (χ4v) is 4.34. The first kappa shape index (κ1) is 16.6. The Morgan fingerprint density at radius 1 is 1.05 bits per heavy atom. The van der Waals surface area contributed by atoms with Crippen molar-refractivity contribution in [2.24, 2.45) is 5.73 Å². The molecule has 21 heavy (non-hydrogen) atoms. The summed E-state index contributed by atoms with van der Waals surface area (Å²) in [6.45, 7) is 0.582. The predicted octanol–water partition coefficient (Wildman–Crippen LogP) is 3.15. The molecular formula is C14H14Br2N2O2S. The lowest BCUT2D eigenvalue weighted by atomic mass is 10.2. The van der Waals surface area contributed by atoms with Crippen LogP contribution in [0.4, 0.5) is 0 Å². The van der Waals surface area contributed by atoms with Crippen molar-refractivity contribution >= 4 is 41.9 Å². The van der Waals surface area contributed by atoms with Crippen LogP contribution in [0.1, 0.15) is 11.1 Å². The molecule has 112 valence electrons. The van der Waals surface area contributed by atoms with Crippen LogP contribution in [0, 0.1) is 0 Å². The van der Waals surface area contributed by atoms with E-state index in [-0.39, 0.29) is 11.4 Å². The monoisotopic (exact) mass is 432 g/mol. The summed E-state index contributed by atoms with van der Waals surface area (Å²) in [5.41, 5.74) is 7.28. The molecule has 0 spiro atoms. The highest BCUT2D eigenvalue weighted by Gasteiger charge is 2.17. The second-order valence-corrected chi connectivity index (χ2v) is 7.83. The van der Waals surface area contributed by atoms with E-state index >= 15 is 0 Å². The number of nitrogens with one attached hydrogen (secondary N) is 1. The Kier molecular flexibility index (Phi) is 5.56. The molecule has 0 heterocycles. The summed E-state index contributed by atoms with van der Waals surface area (Å²) in [6.07, 6.45) is 0. The topological polar surface area (TPSA) is 72.2 Å². The first-order valence-electron chi connectivity index (χ1n) is 6.15. The first-order chi connectivity index (χ1) is 9.94. The molecule has 0 aliphatic rings. The van der Waals surface area contributed by atoms with Crippen LogP contribution in [-0.4, -0.2) is 8.42 Å². The van der Waals surface area contributed by atoms with Crippen LogP contribution in [0.15, 0.2) is 56.3 Å². The van der Waals surface area contributed by atoms with Crippen molar-refractivity contribution in [1.29, 1.82) is 0 Å². The van der Waals surface area contributed by atoms with Crippen molar-refractivity contribution in [3.8, 4) is 0 Å². The molecule has 4 nitrogen and oxygen atoms in total. The van der Waals surface area contributed by atoms with Crippen molar-refractivity contribution in [1.82, 2.24) is 4.72 Å². The van der Waals surface area contributed by atoms with E-state index in [0.717, 1.165) is 15.6 Å². The van der Waals surface area contributed by atoms with Gasteiger partial charge in [-0.05, 0) is 45.3 Å². The van der Waals surface area contributed by atoms with Gasteiger partial charge in [0.2, 0.25) is 10.0 Å². The van der Waals surface area contributed by atoms with E-state index in [1.807, 2.05) is 24.3 Å². The van der Waals surface area contributed by atoms with Gasteiger partial charge in [0.1, 0.15) is 0 Å². The van der Waals surface area contributed by atoms with Crippen molar-refractivity contribution in [3.05, 3.63) is 62.5 Å². The van der Waals surface area contributed by atoms with Gasteiger partial charge in [0.15, 0.2) is 0 Å². The van der Waals surface area contributed by atoms with Gasteiger partial charge in [0.05, 0.1) is 4.90 Å². The molecule has 0 saturated carbocycles. The lowest BCUT2D eigenvalue weighted by Crippen LogP contribution is -2.23. The largest absolute Gasteiger partial charge is 0.326 e. The quantitative estimate of drug-likeness (QED) is 0.760. The van der Waals surface area contributed by atoms with Gasteiger partial charge in [0.25, 0.3) is 0 Å². The summed E-state index contributed by atoms with van der Waals surface area (Å²) in [7, 11) is -3.59. The van der Waals surface area contributed by atoms with Gasteiger partial charge < -0.3 is 5.73 Å². The van der Waals surface area contributed by atoms with Gasteiger partial charge in [0, 0.05) is 22.0 Å². The van der Waals surface area contributed by atoms with E-state index in [0.29, 0.717) is 11.0 Å². The van der Waals surface area contributed by atoms with Crippen LogP contribution in [0.3, 0.4) is 0 Å². The molecule has 0 aromatic heterocycles. The fraction of sp³-hybridized carbons (Fsp3) is 0.143. The Morgan fingerprint density at radius 3 is 2.38 bits per heavy atom. The summed E-state index contributed by atoms with van der Waals surface area (Å²) in [4.78, 5) is 0.201. The molecular weight excluding hydrogens is 420 g/mol. The van der Waals surface area contributed by atoms with Gasteiger partial charge in [-0.25, -0.2) is 13.1 Å². The number of rotatable bonds is 5. The third-order valence-electron chi connectivity index (χ3n) is 2.93. The molecule has 0 aliphatic heterocycles. The molecule has 0 fully saturated rings. The third kappa shape index (κ3) is 4.14. The van der Waals surface area contributed by atoms with Gasteiger partial charge >= 0.3 is 0 Å². The summed E-state index contributed by atoms with van der Waals surface area (Å²) in [5.74, 6) is 0. The zero-order chi connectivity index (χ0) is 15.5. The van der Waals surface area contributed by atoms with Crippen molar-refractivity contribution in [2.75, 3.05) is 0 Å². The first-order valence-corrected chi connectivity index (χ1v) is 9.22. The Balaban J connectivity index is 2.21. The molecule has 2 aromatic rings. The standard InChI is InChI=1S/C14H14Br2N2O2S/c15-12-4-2-1-3-11(12)9-18-21(19,20)14-6-5-10(8-17)7-13(14)16/h1-7,18H,8-9,17H2. The van der Waals surface area contributed by atoms with Crippen molar-refractivity contribution in [3.63, 3.8) is 0 Å². The Labute approximate surface area is 141 Å². The number of benzene rings is 2. The van der Waals surface area contributed by atoms with E-state index in [1.165, 1.54) is 0 Å². The number of hydrogen-bond acceptors (Lipinski definition) is 3. The van der Waals surface area contributed by atoms with Crippen LogP contribution < -0.4 is 10.5 Å². The minimum Gasteiger partial charge on any atom is -0.326 e. The van der Waals surface area contributed by atoms with Gasteiger partial charge in [-0.3, -0.25) is 0 Å². The molecule has 0 saturated heterocycles. The number of sulfonamides is 1. The highest BCUT2D eigenvalue weighted by atomic mass is 79.9. The highest BCUT2D eigenvalue weighted by Crippen LogP contribution is 2.24. The Morgan fingerprint density at radius 2 is 1.76 bits per heavy atom. The van der Waals surface area contributed by atoms with E-state index < -0.39 is 10.0 Å². The lowest BCUT2D eigenvalue weighted by Gasteiger charge is -2.10. The van der Waals surface area contributed by atoms with Crippen LogP contribution in [-0.2, 0) is 23.1 Å². The van der Waals surface area contributed by atoms with Crippen LogP contribution in [0.5, 0.6) is 0 Å². The zero-order valence-electron chi connectivity index (χ0n) is 11.0. The normalized spacial score (nSPS) is 11.6. The summed E-state index contributed by atoms with van der Waals surface area (Å²) < 4.78 is 28.7. The van der Waals surface area contributed by atoms with E-state index in [1.54, 1.807) is 18.2 Å². The van der Waals surface area contributed by atoms with E-state index in [9.17, 15) is 8.42 Å². The van der Waals surface area contributed by atoms with Crippen LogP contribution in [0.25, 0.3) is 0 Å². The van der Waals surface area contributed by atoms with Crippen LogP contribution >= 0.6 is 31.9 Å². The van der Waals surface area contributed by atoms with E-state index in [2.05, 4.69) is 36.6 Å². The number of halogens is 2. The average molecular weight is 434 g/mol. The molecule has 0 atom stereocenters. The molecule has 0 unspecified atom stereocenters. The second kappa shape index (κ2) is 7.02. The lowest BCUT2D eigenvalue weighted by molar-refractivity contribution is 0.580. The maximum atomic E-state index is 12.3. The minimum atomic E-state index is -3.59. The predicted molar refractivity (Wildman–Crippen MR) is 90.2 cm³/mol. The fourth-order valence-electron chi connectivity index (χ4n) is 1.78. The average Bonchev–Trinajstić information content (AvgIpc) is 2.46. The zero-order valence-corrected chi connectivity index (χ0v) is 15.0. The molecule has 0 amide bonds. The summed E-state index contributed by atoms with van der Waals surface area (Å²) >= 11 is 6.68. The second-order valence-electron chi connectivity index (χ2n) is 4.38. The summed E-state index contributed by atoms with van der Waals surface area (Å²) in [6, 6.07) is 12.4. The maximum Gasteiger partial charge on any atom is 0.241 e. The molecule has 2 rings (SSSR count). The van der Waals surface area contributed by atoms with Crippen molar-refractivity contribution in [2.45, 2.75) is 18.0 Å². The van der Waals surface area contributed by atoms with E-state index in [4.69, 9.17) is 5.73 Å². The van der Waals surface area contributed by atoms with Gasteiger partial charge in [-0.15, -0.1) is 0 Å². The molecule has 0 radical (unpaired) electrons. The van der Waals surface area contributed by atoms with Gasteiger partial charge in [-0.1, -0.05) is 40.2 Å². The Bertz CT molecular complexity index is 748. The van der Waals surface area contributed by atoms with Crippen molar-refractivity contribution < 1.29 is 8.42 Å². The molecule has 3 N–H and O–H groups in total. The molecule has 0 aliphatic carbocycles. The smallest absolute Gasteiger partial charge is 0.241 e. The summed E-state index contributed by atoms with van der Waals surface area (Å²) in [5, 5.41) is 0. The molecule has 7 heteroatoms. The van der Waals surface area contributed by atoms with Crippen LogP contribution in [0.2, 0.25) is 0 Å². The molecule has 2 aromatic carbocycles. The minimum absolute atomic E-state index is 0.201. The SMILES string of the molecule is NCc1ccc(S(=O)(=O)NCc2ccccc2Br)c(Br)c1. The highest BCUT2D eigenvalue weighted by molar-refractivity contribution is 9.10. The molecule has 0 bridgehead atoms.